The number of rotatable bonds is 4. The third kappa shape index (κ3) is 4.33. The van der Waals surface area contributed by atoms with E-state index < -0.39 is 0 Å². The summed E-state index contributed by atoms with van der Waals surface area (Å²) in [6, 6.07) is 15.9. The fourth-order valence-electron chi connectivity index (χ4n) is 4.60. The van der Waals surface area contributed by atoms with Crippen LogP contribution in [0.1, 0.15) is 25.7 Å². The Morgan fingerprint density at radius 1 is 0.926 bits per heavy atom. The number of benzene rings is 2. The Bertz CT molecular complexity index is 740. The van der Waals surface area contributed by atoms with Gasteiger partial charge in [0.25, 0.3) is 0 Å². The van der Waals surface area contributed by atoms with Crippen LogP contribution < -0.4 is 4.90 Å². The first-order chi connectivity index (χ1) is 13.2. The Kier molecular flexibility index (Phi) is 5.74. The number of hydrogen-bond donors (Lipinski definition) is 1. The molecule has 27 heavy (non-hydrogen) atoms. The van der Waals surface area contributed by atoms with Gasteiger partial charge in [-0.3, -0.25) is 4.90 Å². The van der Waals surface area contributed by atoms with Crippen LogP contribution in [0.2, 0.25) is 0 Å². The Balaban J connectivity index is 1.35. The van der Waals surface area contributed by atoms with Crippen molar-refractivity contribution in [2.24, 2.45) is 5.92 Å². The fourth-order valence-corrected chi connectivity index (χ4v) is 4.60. The number of aliphatic hydroxyl groups is 1. The van der Waals surface area contributed by atoms with Gasteiger partial charge in [-0.05, 0) is 73.5 Å². The van der Waals surface area contributed by atoms with E-state index in [1.807, 2.05) is 6.07 Å². The molecule has 0 radical (unpaired) electrons. The van der Waals surface area contributed by atoms with Crippen LogP contribution >= 0.6 is 0 Å². The van der Waals surface area contributed by atoms with E-state index in [0.29, 0.717) is 18.6 Å². The smallest absolute Gasteiger partial charge is 0.123 e. The van der Waals surface area contributed by atoms with Crippen LogP contribution in [0.25, 0.3) is 11.1 Å². The first-order valence-corrected chi connectivity index (χ1v) is 10.2. The maximum Gasteiger partial charge on any atom is 0.123 e. The summed E-state index contributed by atoms with van der Waals surface area (Å²) in [5.41, 5.74) is 3.22. The SMILES string of the molecule is OCC1CCCN(C2CCN(c3ccc(-c4cccc(F)c4)cc3)CC2)C1. The summed E-state index contributed by atoms with van der Waals surface area (Å²) in [5, 5.41) is 9.46. The molecule has 4 heteroatoms. The van der Waals surface area contributed by atoms with Gasteiger partial charge in [-0.15, -0.1) is 0 Å². The molecule has 1 N–H and O–H groups in total. The topological polar surface area (TPSA) is 26.7 Å². The van der Waals surface area contributed by atoms with E-state index in [2.05, 4.69) is 34.1 Å². The first-order valence-electron chi connectivity index (χ1n) is 10.2. The van der Waals surface area contributed by atoms with Crippen LogP contribution in [-0.4, -0.2) is 48.8 Å². The lowest BCUT2D eigenvalue weighted by Crippen LogP contribution is -2.49. The van der Waals surface area contributed by atoms with E-state index >= 15 is 0 Å². The second-order valence-electron chi connectivity index (χ2n) is 7.96. The summed E-state index contributed by atoms with van der Waals surface area (Å²) in [7, 11) is 0. The molecule has 1 unspecified atom stereocenters. The van der Waals surface area contributed by atoms with E-state index in [9.17, 15) is 9.50 Å². The molecule has 144 valence electrons. The minimum atomic E-state index is -0.195. The number of aliphatic hydroxyl groups excluding tert-OH is 1. The van der Waals surface area contributed by atoms with Gasteiger partial charge in [0.15, 0.2) is 0 Å². The standard InChI is InChI=1S/C23H29FN2O/c24-21-5-1-4-20(15-21)19-6-8-22(9-7-19)25-13-10-23(11-14-25)26-12-2-3-18(16-26)17-27/h1,4-9,15,18,23,27H,2-3,10-14,16-17H2. The van der Waals surface area contributed by atoms with Gasteiger partial charge in [0.05, 0.1) is 0 Å². The summed E-state index contributed by atoms with van der Waals surface area (Å²) in [5.74, 6) is 0.270. The average molecular weight is 368 g/mol. The molecule has 0 saturated carbocycles. The van der Waals surface area contributed by atoms with Gasteiger partial charge in [-0.1, -0.05) is 24.3 Å². The van der Waals surface area contributed by atoms with Crippen molar-refractivity contribution in [2.45, 2.75) is 31.7 Å². The molecule has 2 aromatic rings. The molecule has 4 rings (SSSR count). The first kappa shape index (κ1) is 18.5. The molecule has 2 saturated heterocycles. The molecular weight excluding hydrogens is 339 g/mol. The van der Waals surface area contributed by atoms with Crippen molar-refractivity contribution in [3.63, 3.8) is 0 Å². The number of piperidine rings is 2. The van der Waals surface area contributed by atoms with Crippen LogP contribution in [0, 0.1) is 11.7 Å². The molecule has 0 bridgehead atoms. The van der Waals surface area contributed by atoms with Crippen LogP contribution in [0.4, 0.5) is 10.1 Å². The minimum absolute atomic E-state index is 0.195. The van der Waals surface area contributed by atoms with E-state index in [0.717, 1.165) is 30.8 Å². The van der Waals surface area contributed by atoms with Gasteiger partial charge in [0, 0.05) is 38.0 Å². The second kappa shape index (κ2) is 8.41. The molecule has 1 atom stereocenters. The van der Waals surface area contributed by atoms with Crippen molar-refractivity contribution in [3.8, 4) is 11.1 Å². The highest BCUT2D eigenvalue weighted by molar-refractivity contribution is 5.66. The predicted octanol–water partition coefficient (Wildman–Crippen LogP) is 4.17. The molecular formula is C23H29FN2O. The van der Waals surface area contributed by atoms with Gasteiger partial charge in [0.1, 0.15) is 5.82 Å². The predicted molar refractivity (Wildman–Crippen MR) is 108 cm³/mol. The van der Waals surface area contributed by atoms with Crippen molar-refractivity contribution in [1.82, 2.24) is 4.90 Å². The zero-order chi connectivity index (χ0) is 18.6. The molecule has 2 fully saturated rings. The minimum Gasteiger partial charge on any atom is -0.396 e. The molecule has 2 heterocycles. The van der Waals surface area contributed by atoms with Crippen LogP contribution in [-0.2, 0) is 0 Å². The fraction of sp³-hybridized carbons (Fsp3) is 0.478. The normalized spacial score (nSPS) is 22.1. The Morgan fingerprint density at radius 2 is 1.70 bits per heavy atom. The molecule has 0 amide bonds. The third-order valence-corrected chi connectivity index (χ3v) is 6.18. The van der Waals surface area contributed by atoms with Gasteiger partial charge < -0.3 is 10.0 Å². The third-order valence-electron chi connectivity index (χ3n) is 6.18. The van der Waals surface area contributed by atoms with Gasteiger partial charge in [-0.25, -0.2) is 4.39 Å². The molecule has 0 aliphatic carbocycles. The van der Waals surface area contributed by atoms with Crippen molar-refractivity contribution >= 4 is 5.69 Å². The molecule has 2 aromatic carbocycles. The van der Waals surface area contributed by atoms with Crippen LogP contribution in [0.5, 0.6) is 0 Å². The van der Waals surface area contributed by atoms with Crippen LogP contribution in [0.15, 0.2) is 48.5 Å². The highest BCUT2D eigenvalue weighted by atomic mass is 19.1. The number of anilines is 1. The largest absolute Gasteiger partial charge is 0.396 e. The second-order valence-corrected chi connectivity index (χ2v) is 7.96. The van der Waals surface area contributed by atoms with Crippen molar-refractivity contribution in [3.05, 3.63) is 54.3 Å². The molecule has 2 aliphatic heterocycles. The number of halogens is 1. The quantitative estimate of drug-likeness (QED) is 0.878. The summed E-state index contributed by atoms with van der Waals surface area (Å²) < 4.78 is 13.4. The summed E-state index contributed by atoms with van der Waals surface area (Å²) >= 11 is 0. The number of hydrogen-bond acceptors (Lipinski definition) is 3. The zero-order valence-electron chi connectivity index (χ0n) is 15.9. The summed E-state index contributed by atoms with van der Waals surface area (Å²) in [6.07, 6.45) is 4.75. The highest BCUT2D eigenvalue weighted by Gasteiger charge is 2.28. The van der Waals surface area contributed by atoms with E-state index in [1.165, 1.54) is 44.0 Å². The number of nitrogens with zero attached hydrogens (tertiary/aromatic N) is 2. The van der Waals surface area contributed by atoms with Crippen molar-refractivity contribution in [2.75, 3.05) is 37.7 Å². The summed E-state index contributed by atoms with van der Waals surface area (Å²) in [4.78, 5) is 5.06. The Labute approximate surface area is 161 Å². The van der Waals surface area contributed by atoms with E-state index in [-0.39, 0.29) is 5.82 Å². The maximum atomic E-state index is 13.4. The van der Waals surface area contributed by atoms with E-state index in [4.69, 9.17) is 0 Å². The lowest BCUT2D eigenvalue weighted by Gasteiger charge is -2.42. The maximum absolute atomic E-state index is 13.4. The molecule has 0 spiro atoms. The lowest BCUT2D eigenvalue weighted by atomic mass is 9.94. The van der Waals surface area contributed by atoms with E-state index in [1.54, 1.807) is 12.1 Å². The zero-order valence-corrected chi connectivity index (χ0v) is 15.9. The lowest BCUT2D eigenvalue weighted by molar-refractivity contribution is 0.0778. The average Bonchev–Trinajstić information content (AvgIpc) is 2.74. The van der Waals surface area contributed by atoms with Crippen LogP contribution in [0.3, 0.4) is 0 Å². The van der Waals surface area contributed by atoms with Gasteiger partial charge in [-0.2, -0.15) is 0 Å². The van der Waals surface area contributed by atoms with Gasteiger partial charge >= 0.3 is 0 Å². The number of likely N-dealkylation sites (tertiary alicyclic amines) is 1. The molecule has 0 aromatic heterocycles. The monoisotopic (exact) mass is 368 g/mol. The molecule has 2 aliphatic rings. The highest BCUT2D eigenvalue weighted by Crippen LogP contribution is 2.28. The van der Waals surface area contributed by atoms with Gasteiger partial charge in [0.2, 0.25) is 0 Å². The Morgan fingerprint density at radius 3 is 2.41 bits per heavy atom. The summed E-state index contributed by atoms with van der Waals surface area (Å²) in [6.45, 7) is 4.72. The Hall–Kier alpha value is -1.91. The molecule has 3 nitrogen and oxygen atoms in total. The van der Waals surface area contributed by atoms with Crippen molar-refractivity contribution in [1.29, 1.82) is 0 Å². The van der Waals surface area contributed by atoms with Crippen molar-refractivity contribution < 1.29 is 9.50 Å².